The van der Waals surface area contributed by atoms with Crippen molar-refractivity contribution in [2.75, 3.05) is 4.90 Å². The molecule has 0 saturated carbocycles. The lowest BCUT2D eigenvalue weighted by Crippen LogP contribution is -2.45. The van der Waals surface area contributed by atoms with E-state index in [1.54, 1.807) is 30.3 Å². The van der Waals surface area contributed by atoms with E-state index in [0.29, 0.717) is 5.56 Å². The molecule has 3 aromatic rings. The lowest BCUT2D eigenvalue weighted by atomic mass is 10.2. The fourth-order valence-electron chi connectivity index (χ4n) is 3.87. The zero-order valence-electron chi connectivity index (χ0n) is 18.9. The van der Waals surface area contributed by atoms with Gasteiger partial charge in [0.25, 0.3) is 5.91 Å². The van der Waals surface area contributed by atoms with Crippen LogP contribution in [-0.4, -0.2) is 36.5 Å². The van der Waals surface area contributed by atoms with Crippen LogP contribution in [0.5, 0.6) is 5.75 Å². The van der Waals surface area contributed by atoms with Crippen molar-refractivity contribution in [1.82, 2.24) is 4.31 Å². The number of hydrogen-bond donors (Lipinski definition) is 0. The highest BCUT2D eigenvalue weighted by molar-refractivity contribution is 7.89. The molecule has 1 atom stereocenters. The maximum atomic E-state index is 13.8. The molecule has 3 aromatic carbocycles. The summed E-state index contributed by atoms with van der Waals surface area (Å²) in [6, 6.07) is 17.2. The standard InChI is InChI=1S/C25H20Cl2N2O6S/c1-16(30)35-20-10-8-19(9-11-20)29-24(31)14-22(25(29)32)28(15-17-5-3-2-4-6-17)36(33,34)23-13-18(26)7-12-21(23)27/h2-13,22H,14-15H2,1H3. The summed E-state index contributed by atoms with van der Waals surface area (Å²) in [5.41, 5.74) is 0.838. The van der Waals surface area contributed by atoms with Crippen molar-refractivity contribution in [1.29, 1.82) is 0 Å². The van der Waals surface area contributed by atoms with Gasteiger partial charge in [-0.3, -0.25) is 14.4 Å². The second-order valence-corrected chi connectivity index (χ2v) is 10.7. The summed E-state index contributed by atoms with van der Waals surface area (Å²) in [6.45, 7) is 1.08. The molecule has 2 amide bonds. The Hall–Kier alpha value is -3.24. The second kappa shape index (κ2) is 10.4. The van der Waals surface area contributed by atoms with E-state index in [1.807, 2.05) is 0 Å². The third-order valence-electron chi connectivity index (χ3n) is 5.49. The van der Waals surface area contributed by atoms with E-state index < -0.39 is 33.8 Å². The number of benzene rings is 3. The van der Waals surface area contributed by atoms with E-state index in [-0.39, 0.29) is 39.3 Å². The van der Waals surface area contributed by atoms with Gasteiger partial charge in [-0.1, -0.05) is 53.5 Å². The Labute approximate surface area is 218 Å². The number of carbonyl (C=O) groups is 3. The third-order valence-corrected chi connectivity index (χ3v) is 8.06. The van der Waals surface area contributed by atoms with Crippen LogP contribution in [0.2, 0.25) is 10.0 Å². The summed E-state index contributed by atoms with van der Waals surface area (Å²) < 4.78 is 33.6. The highest BCUT2D eigenvalue weighted by atomic mass is 35.5. The number of sulfonamides is 1. The number of esters is 1. The Morgan fingerprint density at radius 2 is 1.69 bits per heavy atom. The van der Waals surface area contributed by atoms with Gasteiger partial charge in [-0.2, -0.15) is 4.31 Å². The molecule has 0 aromatic heterocycles. The number of anilines is 1. The molecule has 186 valence electrons. The van der Waals surface area contributed by atoms with Crippen molar-refractivity contribution >= 4 is 56.7 Å². The van der Waals surface area contributed by atoms with Gasteiger partial charge in [0.1, 0.15) is 16.7 Å². The molecule has 0 radical (unpaired) electrons. The topological polar surface area (TPSA) is 101 Å². The molecule has 8 nitrogen and oxygen atoms in total. The van der Waals surface area contributed by atoms with Crippen molar-refractivity contribution in [3.63, 3.8) is 0 Å². The first-order valence-electron chi connectivity index (χ1n) is 10.7. The van der Waals surface area contributed by atoms with Gasteiger partial charge >= 0.3 is 5.97 Å². The van der Waals surface area contributed by atoms with Crippen LogP contribution in [0.15, 0.2) is 77.7 Å². The Balaban J connectivity index is 1.73. The van der Waals surface area contributed by atoms with Crippen LogP contribution in [0.25, 0.3) is 0 Å². The summed E-state index contributed by atoms with van der Waals surface area (Å²) in [5.74, 6) is -1.56. The predicted molar refractivity (Wildman–Crippen MR) is 134 cm³/mol. The van der Waals surface area contributed by atoms with E-state index in [9.17, 15) is 22.8 Å². The molecule has 0 N–H and O–H groups in total. The molecule has 36 heavy (non-hydrogen) atoms. The molecule has 4 rings (SSSR count). The lowest BCUT2D eigenvalue weighted by Gasteiger charge is -2.27. The van der Waals surface area contributed by atoms with Crippen LogP contribution in [0.1, 0.15) is 18.9 Å². The maximum Gasteiger partial charge on any atom is 0.308 e. The van der Waals surface area contributed by atoms with Crippen molar-refractivity contribution in [3.05, 3.63) is 88.4 Å². The highest BCUT2D eigenvalue weighted by Gasteiger charge is 2.47. The first-order chi connectivity index (χ1) is 17.1. The second-order valence-electron chi connectivity index (χ2n) is 7.99. The molecule has 1 aliphatic rings. The van der Waals surface area contributed by atoms with Crippen LogP contribution >= 0.6 is 23.2 Å². The minimum Gasteiger partial charge on any atom is -0.427 e. The molecule has 1 saturated heterocycles. The molecule has 1 heterocycles. The van der Waals surface area contributed by atoms with Crippen LogP contribution in [0.3, 0.4) is 0 Å². The van der Waals surface area contributed by atoms with Crippen molar-refractivity contribution in [3.8, 4) is 5.75 Å². The maximum absolute atomic E-state index is 13.8. The smallest absolute Gasteiger partial charge is 0.308 e. The summed E-state index contributed by atoms with van der Waals surface area (Å²) in [4.78, 5) is 38.3. The lowest BCUT2D eigenvalue weighted by molar-refractivity contribution is -0.132. The zero-order valence-corrected chi connectivity index (χ0v) is 21.3. The third kappa shape index (κ3) is 5.29. The number of hydrogen-bond acceptors (Lipinski definition) is 6. The molecular formula is C25H20Cl2N2O6S. The fourth-order valence-corrected chi connectivity index (χ4v) is 6.18. The number of carbonyl (C=O) groups excluding carboxylic acids is 3. The molecule has 1 aliphatic heterocycles. The first kappa shape index (κ1) is 25.8. The van der Waals surface area contributed by atoms with E-state index in [4.69, 9.17) is 27.9 Å². The van der Waals surface area contributed by atoms with Gasteiger partial charge in [-0.05, 0) is 48.0 Å². The SMILES string of the molecule is CC(=O)Oc1ccc(N2C(=O)CC(N(Cc3ccccc3)S(=O)(=O)c3cc(Cl)ccc3Cl)C2=O)cc1. The average Bonchev–Trinajstić information content (AvgIpc) is 3.13. The minimum atomic E-state index is -4.36. The fraction of sp³-hybridized carbons (Fsp3) is 0.160. The Bertz CT molecular complexity index is 1430. The number of ether oxygens (including phenoxy) is 1. The van der Waals surface area contributed by atoms with Gasteiger partial charge in [0.05, 0.1) is 17.1 Å². The van der Waals surface area contributed by atoms with Crippen LogP contribution in [0, 0.1) is 0 Å². The van der Waals surface area contributed by atoms with E-state index >= 15 is 0 Å². The quantitative estimate of drug-likeness (QED) is 0.246. The number of imide groups is 1. The largest absolute Gasteiger partial charge is 0.427 e. The van der Waals surface area contributed by atoms with Gasteiger partial charge in [0.2, 0.25) is 15.9 Å². The van der Waals surface area contributed by atoms with Crippen molar-refractivity contribution < 1.29 is 27.5 Å². The van der Waals surface area contributed by atoms with Gasteiger partial charge in [0, 0.05) is 18.5 Å². The minimum absolute atomic E-state index is 0.0628. The molecule has 1 fully saturated rings. The Morgan fingerprint density at radius 3 is 2.33 bits per heavy atom. The van der Waals surface area contributed by atoms with Gasteiger partial charge in [-0.15, -0.1) is 0 Å². The zero-order chi connectivity index (χ0) is 26.0. The Kier molecular flexibility index (Phi) is 7.46. The number of rotatable bonds is 7. The molecule has 0 aliphatic carbocycles. The van der Waals surface area contributed by atoms with E-state index in [0.717, 1.165) is 9.21 Å². The normalized spacial score (nSPS) is 16.0. The van der Waals surface area contributed by atoms with Gasteiger partial charge < -0.3 is 4.74 Å². The van der Waals surface area contributed by atoms with E-state index in [1.165, 1.54) is 49.4 Å². The molecular weight excluding hydrogens is 527 g/mol. The van der Waals surface area contributed by atoms with Crippen molar-refractivity contribution in [2.24, 2.45) is 0 Å². The van der Waals surface area contributed by atoms with E-state index in [2.05, 4.69) is 0 Å². The summed E-state index contributed by atoms with van der Waals surface area (Å²) in [7, 11) is -4.36. The van der Waals surface area contributed by atoms with Crippen LogP contribution in [0.4, 0.5) is 5.69 Å². The Morgan fingerprint density at radius 1 is 1.03 bits per heavy atom. The van der Waals surface area contributed by atoms with Gasteiger partial charge in [0.15, 0.2) is 0 Å². The summed E-state index contributed by atoms with van der Waals surface area (Å²) >= 11 is 12.3. The molecule has 0 bridgehead atoms. The van der Waals surface area contributed by atoms with Crippen molar-refractivity contribution in [2.45, 2.75) is 30.8 Å². The first-order valence-corrected chi connectivity index (χ1v) is 12.9. The highest BCUT2D eigenvalue weighted by Crippen LogP contribution is 2.34. The predicted octanol–water partition coefficient (Wildman–Crippen LogP) is 4.44. The number of nitrogens with zero attached hydrogens (tertiary/aromatic N) is 2. The number of amides is 2. The molecule has 11 heteroatoms. The summed E-state index contributed by atoms with van der Waals surface area (Å²) in [5, 5.41) is 0.0908. The molecule has 1 unspecified atom stereocenters. The van der Waals surface area contributed by atoms with Crippen LogP contribution < -0.4 is 9.64 Å². The molecule has 0 spiro atoms. The summed E-state index contributed by atoms with van der Waals surface area (Å²) in [6.07, 6.45) is -0.366. The average molecular weight is 547 g/mol. The number of halogens is 2. The van der Waals surface area contributed by atoms with Gasteiger partial charge in [-0.25, -0.2) is 13.3 Å². The van der Waals surface area contributed by atoms with Crippen LogP contribution in [-0.2, 0) is 31.0 Å². The monoisotopic (exact) mass is 546 g/mol.